The van der Waals surface area contributed by atoms with E-state index in [1.165, 1.54) is 0 Å². The number of rotatable bonds is 8. The van der Waals surface area contributed by atoms with Crippen LogP contribution in [0.15, 0.2) is 53.6 Å². The second-order valence-corrected chi connectivity index (χ2v) is 10.6. The summed E-state index contributed by atoms with van der Waals surface area (Å²) in [6, 6.07) is 13.5. The number of nitrogen functional groups attached to an aromatic ring is 1. The summed E-state index contributed by atoms with van der Waals surface area (Å²) in [4.78, 5) is 16.9. The van der Waals surface area contributed by atoms with Crippen molar-refractivity contribution in [3.8, 4) is 5.88 Å². The second-order valence-electron chi connectivity index (χ2n) is 9.18. The van der Waals surface area contributed by atoms with Crippen LogP contribution in [-0.2, 0) is 22.3 Å². The van der Waals surface area contributed by atoms with Crippen LogP contribution in [0, 0.1) is 13.8 Å². The van der Waals surface area contributed by atoms with Gasteiger partial charge in [-0.25, -0.2) is 19.3 Å². The molecule has 0 fully saturated rings. The lowest BCUT2D eigenvalue weighted by atomic mass is 9.84. The minimum Gasteiger partial charge on any atom is -0.475 e. The third-order valence-electron chi connectivity index (χ3n) is 6.83. The lowest BCUT2D eigenvalue weighted by Gasteiger charge is -2.25. The van der Waals surface area contributed by atoms with Gasteiger partial charge in [0.2, 0.25) is 11.8 Å². The molecule has 1 amide bonds. The smallest absolute Gasteiger partial charge is 0.231 e. The van der Waals surface area contributed by atoms with E-state index in [1.807, 2.05) is 49.3 Å². The Bertz CT molecular complexity index is 1330. The number of hydrogen-bond donors (Lipinski definition) is 3. The molecule has 0 bridgehead atoms. The van der Waals surface area contributed by atoms with Crippen molar-refractivity contribution >= 4 is 28.3 Å². The number of ether oxygens (including phenoxy) is 1. The van der Waals surface area contributed by atoms with Crippen LogP contribution in [0.5, 0.6) is 5.88 Å². The molecule has 0 aliphatic carbocycles. The Hall–Kier alpha value is -3.47. The molecule has 0 saturated carbocycles. The van der Waals surface area contributed by atoms with E-state index in [0.29, 0.717) is 42.7 Å². The van der Waals surface area contributed by atoms with Crippen LogP contribution >= 0.6 is 0 Å². The topological polar surface area (TPSA) is 141 Å². The molecule has 6 N–H and O–H groups in total. The van der Waals surface area contributed by atoms with Crippen molar-refractivity contribution < 1.29 is 13.7 Å². The highest BCUT2D eigenvalue weighted by molar-refractivity contribution is 7.82. The second kappa shape index (κ2) is 11.3. The fraction of sp³-hybridized carbons (Fsp3) is 0.333. The maximum Gasteiger partial charge on any atom is 0.231 e. The third-order valence-corrected chi connectivity index (χ3v) is 8.29. The predicted octanol–water partition coefficient (Wildman–Crippen LogP) is 2.91. The highest BCUT2D eigenvalue weighted by atomic mass is 32.2. The van der Waals surface area contributed by atoms with E-state index in [-0.39, 0.29) is 12.3 Å². The number of pyridine rings is 1. The number of anilines is 2. The van der Waals surface area contributed by atoms with Crippen LogP contribution in [0.25, 0.3) is 0 Å². The number of nitrogens with two attached hydrogens (primary N) is 3. The number of fused-ring (bicyclic) bond motifs is 1. The number of hydrogen-bond acceptors (Lipinski definition) is 7. The van der Waals surface area contributed by atoms with Crippen molar-refractivity contribution in [1.29, 1.82) is 0 Å². The van der Waals surface area contributed by atoms with Gasteiger partial charge < -0.3 is 21.2 Å². The van der Waals surface area contributed by atoms with Gasteiger partial charge in [0, 0.05) is 38.2 Å². The lowest BCUT2D eigenvalue weighted by Crippen LogP contribution is -2.31. The van der Waals surface area contributed by atoms with Crippen LogP contribution in [0.3, 0.4) is 0 Å². The molecule has 1 aliphatic heterocycles. The molecule has 2 atom stereocenters. The van der Waals surface area contributed by atoms with E-state index < -0.39 is 16.9 Å². The summed E-state index contributed by atoms with van der Waals surface area (Å²) < 4.78 is 21.0. The van der Waals surface area contributed by atoms with Crippen molar-refractivity contribution in [1.82, 2.24) is 9.29 Å². The Kier molecular flexibility index (Phi) is 8.11. The predicted molar refractivity (Wildman–Crippen MR) is 146 cm³/mol. The first-order valence-electron chi connectivity index (χ1n) is 12.2. The van der Waals surface area contributed by atoms with Crippen LogP contribution in [-0.4, -0.2) is 39.1 Å². The summed E-state index contributed by atoms with van der Waals surface area (Å²) in [6.45, 7) is 7.84. The van der Waals surface area contributed by atoms with E-state index in [2.05, 4.69) is 11.1 Å². The van der Waals surface area contributed by atoms with Crippen molar-refractivity contribution in [2.45, 2.75) is 44.6 Å². The van der Waals surface area contributed by atoms with E-state index >= 15 is 0 Å². The summed E-state index contributed by atoms with van der Waals surface area (Å²) in [5.41, 5.74) is 18.3. The first kappa shape index (κ1) is 26.6. The first-order valence-corrected chi connectivity index (χ1v) is 13.4. The maximum atomic E-state index is 13.4. The Morgan fingerprint density at radius 3 is 2.76 bits per heavy atom. The molecular weight excluding hydrogens is 488 g/mol. The molecular formula is C27H34N6O3S. The zero-order valence-electron chi connectivity index (χ0n) is 21.4. The average Bonchev–Trinajstić information content (AvgIpc) is 3.04. The van der Waals surface area contributed by atoms with Crippen LogP contribution < -0.4 is 27.1 Å². The van der Waals surface area contributed by atoms with E-state index in [4.69, 9.17) is 22.0 Å². The van der Waals surface area contributed by atoms with Crippen LogP contribution in [0.2, 0.25) is 0 Å². The quantitative estimate of drug-likeness (QED) is 0.235. The minimum atomic E-state index is -1.42. The Morgan fingerprint density at radius 2 is 2.03 bits per heavy atom. The molecule has 4 rings (SSSR count). The van der Waals surface area contributed by atoms with Gasteiger partial charge in [0.05, 0.1) is 11.4 Å². The van der Waals surface area contributed by atoms with E-state index in [0.717, 1.165) is 33.5 Å². The van der Waals surface area contributed by atoms with Gasteiger partial charge in [-0.05, 0) is 66.8 Å². The number of aryl methyl sites for hydroxylation is 1. The van der Waals surface area contributed by atoms with Gasteiger partial charge >= 0.3 is 0 Å². The van der Waals surface area contributed by atoms with Gasteiger partial charge in [0.15, 0.2) is 0 Å². The number of carbonyl (C=O) groups is 1. The fourth-order valence-electron chi connectivity index (χ4n) is 4.63. The molecule has 2 unspecified atom stereocenters. The number of benzene rings is 2. The lowest BCUT2D eigenvalue weighted by molar-refractivity contribution is -0.118. The number of aromatic nitrogens is 1. The van der Waals surface area contributed by atoms with Crippen LogP contribution in [0.1, 0.15) is 47.1 Å². The van der Waals surface area contributed by atoms with Gasteiger partial charge in [-0.15, -0.1) is 0 Å². The van der Waals surface area contributed by atoms with E-state index in [9.17, 15) is 9.00 Å². The number of hydrazine groups is 1. The molecule has 9 nitrogen and oxygen atoms in total. The molecule has 3 aromatic rings. The van der Waals surface area contributed by atoms with Gasteiger partial charge in [-0.2, -0.15) is 0 Å². The van der Waals surface area contributed by atoms with Gasteiger partial charge in [-0.3, -0.25) is 4.79 Å². The molecule has 1 aromatic heterocycles. The summed E-state index contributed by atoms with van der Waals surface area (Å²) in [5, 5.41) is 1.60. The first-order chi connectivity index (χ1) is 17.7. The molecule has 0 spiro atoms. The van der Waals surface area contributed by atoms with Crippen molar-refractivity contribution in [2.75, 3.05) is 30.4 Å². The van der Waals surface area contributed by atoms with Crippen LogP contribution in [0.4, 0.5) is 11.4 Å². The standard InChI is InChI=1S/C27H34N6O3S/c1-4-33(30)23-10-9-21(18(3)26(23)29)22(15-25(28)34)19-8-7-17(2)20(14-19)16-32-12-13-36-27-24(37(32)35)6-5-11-31-27/h5-11,14,22H,4,12-13,15-16,29-30H2,1-3H3,(H2,28,34). The average molecular weight is 523 g/mol. The largest absolute Gasteiger partial charge is 0.475 e. The Labute approximate surface area is 220 Å². The molecule has 10 heteroatoms. The van der Waals surface area contributed by atoms with Crippen molar-refractivity contribution in [3.05, 3.63) is 76.5 Å². The van der Waals surface area contributed by atoms with Crippen molar-refractivity contribution in [3.63, 3.8) is 0 Å². The number of nitrogens with zero attached hydrogens (tertiary/aromatic N) is 3. The number of amides is 1. The highest BCUT2D eigenvalue weighted by Gasteiger charge is 2.26. The SMILES string of the molecule is CCN(N)c1ccc(C(CC(N)=O)c2ccc(C)c(CN3CCOc4ncccc4S3=O)c2)c(C)c1N. The van der Waals surface area contributed by atoms with Gasteiger partial charge in [0.25, 0.3) is 0 Å². The monoisotopic (exact) mass is 522 g/mol. The Balaban J connectivity index is 1.70. The normalized spacial score (nSPS) is 16.4. The van der Waals surface area contributed by atoms with E-state index in [1.54, 1.807) is 23.3 Å². The van der Waals surface area contributed by atoms with Crippen molar-refractivity contribution in [2.24, 2.45) is 11.6 Å². The number of carbonyl (C=O) groups excluding carboxylic acids is 1. The number of primary amides is 1. The zero-order valence-corrected chi connectivity index (χ0v) is 22.3. The molecule has 0 saturated heterocycles. The maximum absolute atomic E-state index is 13.4. The molecule has 0 radical (unpaired) electrons. The highest BCUT2D eigenvalue weighted by Crippen LogP contribution is 2.37. The Morgan fingerprint density at radius 1 is 1.24 bits per heavy atom. The minimum absolute atomic E-state index is 0.130. The zero-order chi connectivity index (χ0) is 26.7. The summed E-state index contributed by atoms with van der Waals surface area (Å²) in [7, 11) is -1.42. The molecule has 2 aromatic carbocycles. The molecule has 196 valence electrons. The third kappa shape index (κ3) is 5.61. The van der Waals surface area contributed by atoms with Gasteiger partial charge in [-0.1, -0.05) is 24.3 Å². The van der Waals surface area contributed by atoms with Gasteiger partial charge in [0.1, 0.15) is 22.5 Å². The molecule has 37 heavy (non-hydrogen) atoms. The summed E-state index contributed by atoms with van der Waals surface area (Å²) in [5.74, 6) is 5.81. The molecule has 1 aliphatic rings. The fourth-order valence-corrected chi connectivity index (χ4v) is 5.86. The summed E-state index contributed by atoms with van der Waals surface area (Å²) >= 11 is 0. The summed E-state index contributed by atoms with van der Waals surface area (Å²) in [6.07, 6.45) is 1.76. The molecule has 2 heterocycles.